The first kappa shape index (κ1) is 14.3. The Balaban J connectivity index is 2.92. The lowest BCUT2D eigenvalue weighted by Gasteiger charge is -2.39. The van der Waals surface area contributed by atoms with E-state index in [1.54, 1.807) is 13.8 Å². The van der Waals surface area contributed by atoms with Gasteiger partial charge in [0.1, 0.15) is 5.54 Å². The van der Waals surface area contributed by atoms with Gasteiger partial charge in [0.2, 0.25) is 0 Å². The first-order valence-corrected chi connectivity index (χ1v) is 5.55. The largest absolute Gasteiger partial charge is 0.468 e. The van der Waals surface area contributed by atoms with Crippen molar-refractivity contribution in [3.8, 4) is 0 Å². The second kappa shape index (κ2) is 4.48. The third-order valence-corrected chi connectivity index (χ3v) is 3.63. The number of carbonyl (C=O) groups is 1. The lowest BCUT2D eigenvalue weighted by atomic mass is 9.74. The van der Waals surface area contributed by atoms with Crippen LogP contribution in [0, 0.1) is 5.41 Å². The average Bonchev–Trinajstić information content (AvgIpc) is 2.49. The van der Waals surface area contributed by atoms with Gasteiger partial charge >= 0.3 is 12.1 Å². The number of hydrogen-bond donors (Lipinski definition) is 1. The van der Waals surface area contributed by atoms with Gasteiger partial charge in [0.05, 0.1) is 13.7 Å². The maximum atomic E-state index is 12.3. The third-order valence-electron chi connectivity index (χ3n) is 3.63. The molecule has 0 saturated heterocycles. The van der Waals surface area contributed by atoms with Crippen LogP contribution in [0.3, 0.4) is 0 Å². The van der Waals surface area contributed by atoms with Crippen LogP contribution in [0.1, 0.15) is 33.1 Å². The fourth-order valence-corrected chi connectivity index (χ4v) is 2.55. The molecule has 3 nitrogen and oxygen atoms in total. The fourth-order valence-electron chi connectivity index (χ4n) is 2.55. The molecule has 1 rings (SSSR count). The van der Waals surface area contributed by atoms with Crippen LogP contribution < -0.4 is 5.32 Å². The van der Waals surface area contributed by atoms with E-state index >= 15 is 0 Å². The van der Waals surface area contributed by atoms with E-state index in [9.17, 15) is 18.0 Å². The summed E-state index contributed by atoms with van der Waals surface area (Å²) in [6.45, 7) is 2.41. The normalized spacial score (nSPS) is 28.1. The topological polar surface area (TPSA) is 38.3 Å². The molecule has 0 aromatic heterocycles. The first-order valence-electron chi connectivity index (χ1n) is 5.55. The van der Waals surface area contributed by atoms with Gasteiger partial charge in [-0.05, 0) is 18.3 Å². The molecule has 0 aromatic carbocycles. The maximum absolute atomic E-state index is 12.3. The second-order valence-corrected chi connectivity index (χ2v) is 5.10. The number of halogens is 3. The van der Waals surface area contributed by atoms with Gasteiger partial charge in [0, 0.05) is 0 Å². The van der Waals surface area contributed by atoms with E-state index in [1.807, 2.05) is 0 Å². The fraction of sp³-hybridized carbons (Fsp3) is 0.909. The van der Waals surface area contributed by atoms with Crippen molar-refractivity contribution in [1.82, 2.24) is 5.32 Å². The Bertz CT molecular complexity index is 302. The molecule has 1 N–H and O–H groups in total. The van der Waals surface area contributed by atoms with E-state index in [1.165, 1.54) is 7.11 Å². The van der Waals surface area contributed by atoms with Crippen LogP contribution in [-0.4, -0.2) is 31.3 Å². The van der Waals surface area contributed by atoms with E-state index in [2.05, 4.69) is 10.1 Å². The molecular formula is C11H18F3NO2. The summed E-state index contributed by atoms with van der Waals surface area (Å²) < 4.78 is 41.5. The van der Waals surface area contributed by atoms with E-state index in [0.717, 1.165) is 0 Å². The van der Waals surface area contributed by atoms with Crippen LogP contribution in [0.15, 0.2) is 0 Å². The van der Waals surface area contributed by atoms with Crippen molar-refractivity contribution in [2.75, 3.05) is 13.7 Å². The summed E-state index contributed by atoms with van der Waals surface area (Å²) >= 11 is 0. The highest BCUT2D eigenvalue weighted by Gasteiger charge is 2.56. The van der Waals surface area contributed by atoms with Crippen LogP contribution in [0.5, 0.6) is 0 Å². The van der Waals surface area contributed by atoms with Crippen molar-refractivity contribution >= 4 is 5.97 Å². The molecule has 1 saturated carbocycles. The molecule has 1 aliphatic rings. The number of esters is 1. The number of nitrogens with one attached hydrogen (secondary N) is 1. The molecule has 0 radical (unpaired) electrons. The number of hydrogen-bond acceptors (Lipinski definition) is 3. The molecule has 0 amide bonds. The monoisotopic (exact) mass is 253 g/mol. The van der Waals surface area contributed by atoms with Crippen LogP contribution in [-0.2, 0) is 9.53 Å². The van der Waals surface area contributed by atoms with E-state index < -0.39 is 29.6 Å². The van der Waals surface area contributed by atoms with E-state index in [-0.39, 0.29) is 0 Å². The number of ether oxygens (including phenoxy) is 1. The quantitative estimate of drug-likeness (QED) is 0.784. The molecule has 17 heavy (non-hydrogen) atoms. The number of alkyl halides is 3. The summed E-state index contributed by atoms with van der Waals surface area (Å²) in [6.07, 6.45) is -2.54. The standard InChI is InChI=1S/C11H18F3NO2/c1-9(2)5-4-6-10(9,8(16)17-3)15-7-11(12,13)14/h15H,4-7H2,1-3H3. The summed E-state index contributed by atoms with van der Waals surface area (Å²) in [5, 5.41) is 2.38. The molecule has 1 unspecified atom stereocenters. The van der Waals surface area contributed by atoms with Crippen molar-refractivity contribution in [1.29, 1.82) is 0 Å². The van der Waals surface area contributed by atoms with Gasteiger partial charge in [-0.1, -0.05) is 20.3 Å². The molecule has 0 heterocycles. The first-order chi connectivity index (χ1) is 7.65. The molecule has 6 heteroatoms. The molecule has 1 atom stereocenters. The minimum atomic E-state index is -4.33. The van der Waals surface area contributed by atoms with Gasteiger partial charge in [0.25, 0.3) is 0 Å². The van der Waals surface area contributed by atoms with Gasteiger partial charge < -0.3 is 4.74 Å². The summed E-state index contributed by atoms with van der Waals surface area (Å²) in [5.41, 5.74) is -1.76. The van der Waals surface area contributed by atoms with Gasteiger partial charge in [-0.3, -0.25) is 10.1 Å². The smallest absolute Gasteiger partial charge is 0.401 e. The lowest BCUT2D eigenvalue weighted by Crippen LogP contribution is -2.61. The van der Waals surface area contributed by atoms with Crippen molar-refractivity contribution < 1.29 is 22.7 Å². The molecule has 100 valence electrons. The lowest BCUT2D eigenvalue weighted by molar-refractivity contribution is -0.158. The van der Waals surface area contributed by atoms with Crippen molar-refractivity contribution in [3.63, 3.8) is 0 Å². The molecular weight excluding hydrogens is 235 g/mol. The molecule has 1 aliphatic carbocycles. The van der Waals surface area contributed by atoms with E-state index in [0.29, 0.717) is 19.3 Å². The zero-order valence-corrected chi connectivity index (χ0v) is 10.3. The molecule has 0 aliphatic heterocycles. The molecule has 1 fully saturated rings. The summed E-state index contributed by atoms with van der Waals surface area (Å²) in [4.78, 5) is 11.8. The van der Waals surface area contributed by atoms with Gasteiger partial charge in [-0.2, -0.15) is 13.2 Å². The molecule has 0 aromatic rings. The Hall–Kier alpha value is -0.780. The predicted octanol–water partition coefficient (Wildman–Crippen LogP) is 2.26. The van der Waals surface area contributed by atoms with Crippen molar-refractivity contribution in [2.24, 2.45) is 5.41 Å². The predicted molar refractivity (Wildman–Crippen MR) is 56.4 cm³/mol. The Labute approximate surface area is 98.7 Å². The molecule has 0 spiro atoms. The van der Waals surface area contributed by atoms with Crippen LogP contribution >= 0.6 is 0 Å². The third kappa shape index (κ3) is 2.73. The summed E-state index contributed by atoms with van der Waals surface area (Å²) in [5.74, 6) is -0.607. The number of methoxy groups -OCH3 is 1. The Morgan fingerprint density at radius 1 is 1.35 bits per heavy atom. The van der Waals surface area contributed by atoms with Crippen LogP contribution in [0.2, 0.25) is 0 Å². The van der Waals surface area contributed by atoms with Crippen molar-refractivity contribution in [2.45, 2.75) is 44.8 Å². The zero-order chi connectivity index (χ0) is 13.3. The minimum absolute atomic E-state index is 0.378. The maximum Gasteiger partial charge on any atom is 0.401 e. The molecule has 0 bridgehead atoms. The SMILES string of the molecule is COC(=O)C1(NCC(F)(F)F)CCCC1(C)C. The Morgan fingerprint density at radius 3 is 2.29 bits per heavy atom. The van der Waals surface area contributed by atoms with Gasteiger partial charge in [-0.25, -0.2) is 0 Å². The average molecular weight is 253 g/mol. The minimum Gasteiger partial charge on any atom is -0.468 e. The summed E-state index contributed by atoms with van der Waals surface area (Å²) in [7, 11) is 1.20. The number of rotatable bonds is 3. The van der Waals surface area contributed by atoms with Gasteiger partial charge in [-0.15, -0.1) is 0 Å². The highest BCUT2D eigenvalue weighted by molar-refractivity contribution is 5.82. The Morgan fingerprint density at radius 2 is 1.94 bits per heavy atom. The highest BCUT2D eigenvalue weighted by atomic mass is 19.4. The van der Waals surface area contributed by atoms with Crippen molar-refractivity contribution in [3.05, 3.63) is 0 Å². The number of carbonyl (C=O) groups excluding carboxylic acids is 1. The Kier molecular flexibility index (Phi) is 3.76. The zero-order valence-electron chi connectivity index (χ0n) is 10.3. The van der Waals surface area contributed by atoms with Crippen LogP contribution in [0.25, 0.3) is 0 Å². The highest BCUT2D eigenvalue weighted by Crippen LogP contribution is 2.46. The van der Waals surface area contributed by atoms with E-state index in [4.69, 9.17) is 0 Å². The summed E-state index contributed by atoms with van der Waals surface area (Å²) in [6, 6.07) is 0. The van der Waals surface area contributed by atoms with Gasteiger partial charge in [0.15, 0.2) is 0 Å². The van der Waals surface area contributed by atoms with Crippen LogP contribution in [0.4, 0.5) is 13.2 Å². The second-order valence-electron chi connectivity index (χ2n) is 5.10.